The number of carbonyl (C=O) groups excluding carboxylic acids is 2. The molecule has 0 aliphatic carbocycles. The number of hydrogen-bond acceptors (Lipinski definition) is 2. The molecule has 0 saturated carbocycles. The lowest BCUT2D eigenvalue weighted by molar-refractivity contribution is -0.117. The van der Waals surface area contributed by atoms with Crippen molar-refractivity contribution in [3.8, 4) is 0 Å². The van der Waals surface area contributed by atoms with Crippen molar-refractivity contribution in [2.24, 2.45) is 0 Å². The number of fused-ring (bicyclic) bond motifs is 1. The summed E-state index contributed by atoms with van der Waals surface area (Å²) >= 11 is 6.25. The third kappa shape index (κ3) is 3.94. The number of halogens is 2. The highest BCUT2D eigenvalue weighted by molar-refractivity contribution is 6.30. The van der Waals surface area contributed by atoms with E-state index in [4.69, 9.17) is 11.6 Å². The molecule has 2 amide bonds. The largest absolute Gasteiger partial charge is 0.324 e. The van der Waals surface area contributed by atoms with Gasteiger partial charge in [-0.1, -0.05) is 40.9 Å². The Morgan fingerprint density at radius 2 is 1.70 bits per heavy atom. The second-order valence-electron chi connectivity index (χ2n) is 7.54. The Hall–Kier alpha value is -3.18. The van der Waals surface area contributed by atoms with Crippen molar-refractivity contribution in [2.45, 2.75) is 19.9 Å². The Bertz CT molecular complexity index is 1120. The molecule has 3 aromatic rings. The molecule has 1 aliphatic rings. The van der Waals surface area contributed by atoms with E-state index in [9.17, 15) is 14.0 Å². The number of nitrogens with one attached hydrogen (secondary N) is 1. The molecular formula is C24H20ClFN2O2. The van der Waals surface area contributed by atoms with Gasteiger partial charge in [0, 0.05) is 21.8 Å². The minimum atomic E-state index is -0.605. The van der Waals surface area contributed by atoms with Gasteiger partial charge in [-0.15, -0.1) is 0 Å². The third-order valence-corrected chi connectivity index (χ3v) is 5.36. The molecule has 0 spiro atoms. The van der Waals surface area contributed by atoms with Crippen molar-refractivity contribution in [1.29, 1.82) is 0 Å². The van der Waals surface area contributed by atoms with Gasteiger partial charge in [0.25, 0.3) is 5.91 Å². The molecule has 0 bridgehead atoms. The van der Waals surface area contributed by atoms with Gasteiger partial charge >= 0.3 is 0 Å². The first kappa shape index (κ1) is 20.1. The maximum Gasteiger partial charge on any atom is 0.255 e. The summed E-state index contributed by atoms with van der Waals surface area (Å²) in [5.41, 5.74) is 4.36. The molecule has 6 heteroatoms. The average Bonchev–Trinajstić information content (AvgIpc) is 2.83. The van der Waals surface area contributed by atoms with Gasteiger partial charge in [-0.25, -0.2) is 4.39 Å². The number of carbonyl (C=O) groups is 2. The summed E-state index contributed by atoms with van der Waals surface area (Å²) in [6.45, 7) is 3.71. The standard InChI is InChI=1S/C24H20ClFN2O2/c1-14-9-15(2)11-17(10-14)24(30)28-13-22(29)27-21-8-5-18(25)12-20(21)23(28)16-3-6-19(26)7-4-16/h3-12,23H,13H2,1-2H3,(H,27,29)/t23-/m1/s1. The van der Waals surface area contributed by atoms with Gasteiger partial charge in [-0.05, 0) is 61.9 Å². The van der Waals surface area contributed by atoms with Gasteiger partial charge in [0.05, 0.1) is 6.04 Å². The second-order valence-corrected chi connectivity index (χ2v) is 7.98. The van der Waals surface area contributed by atoms with E-state index in [0.717, 1.165) is 11.1 Å². The summed E-state index contributed by atoms with van der Waals surface area (Å²) < 4.78 is 13.6. The van der Waals surface area contributed by atoms with Crippen LogP contribution in [-0.2, 0) is 4.79 Å². The minimum Gasteiger partial charge on any atom is -0.324 e. The van der Waals surface area contributed by atoms with Crippen molar-refractivity contribution in [3.05, 3.63) is 99.3 Å². The number of nitrogens with zero attached hydrogens (tertiary/aromatic N) is 1. The normalized spacial score (nSPS) is 15.9. The lowest BCUT2D eigenvalue weighted by Crippen LogP contribution is -2.39. The highest BCUT2D eigenvalue weighted by atomic mass is 35.5. The Morgan fingerprint density at radius 3 is 2.37 bits per heavy atom. The van der Waals surface area contributed by atoms with Gasteiger partial charge < -0.3 is 10.2 Å². The van der Waals surface area contributed by atoms with E-state index < -0.39 is 6.04 Å². The molecule has 30 heavy (non-hydrogen) atoms. The van der Waals surface area contributed by atoms with E-state index >= 15 is 0 Å². The molecule has 1 atom stereocenters. The van der Waals surface area contributed by atoms with Crippen molar-refractivity contribution in [1.82, 2.24) is 4.90 Å². The average molecular weight is 423 g/mol. The predicted molar refractivity (Wildman–Crippen MR) is 115 cm³/mol. The van der Waals surface area contributed by atoms with Gasteiger partial charge in [0.1, 0.15) is 12.4 Å². The summed E-state index contributed by atoms with van der Waals surface area (Å²) in [6, 6.07) is 16.1. The van der Waals surface area contributed by atoms with Crippen LogP contribution in [0.2, 0.25) is 5.02 Å². The first-order valence-corrected chi connectivity index (χ1v) is 9.93. The summed E-state index contributed by atoms with van der Waals surface area (Å²) in [7, 11) is 0. The predicted octanol–water partition coefficient (Wildman–Crippen LogP) is 5.28. The Morgan fingerprint density at radius 1 is 1.03 bits per heavy atom. The van der Waals surface area contributed by atoms with Crippen molar-refractivity contribution >= 4 is 29.1 Å². The summed E-state index contributed by atoms with van der Waals surface area (Å²) in [5.74, 6) is -0.958. The SMILES string of the molecule is Cc1cc(C)cc(C(=O)N2CC(=O)Nc3ccc(Cl)cc3[C@H]2c2ccc(F)cc2)c1. The maximum absolute atomic E-state index is 13.6. The van der Waals surface area contributed by atoms with Gasteiger partial charge in [0.2, 0.25) is 5.91 Å². The van der Waals surface area contributed by atoms with E-state index in [2.05, 4.69) is 5.32 Å². The molecule has 0 unspecified atom stereocenters. The molecule has 3 aromatic carbocycles. The zero-order valence-corrected chi connectivity index (χ0v) is 17.3. The van der Waals surface area contributed by atoms with E-state index in [0.29, 0.717) is 27.4 Å². The molecule has 0 saturated heterocycles. The topological polar surface area (TPSA) is 49.4 Å². The van der Waals surface area contributed by atoms with E-state index in [1.165, 1.54) is 17.0 Å². The van der Waals surface area contributed by atoms with E-state index in [-0.39, 0.29) is 24.2 Å². The monoisotopic (exact) mass is 422 g/mol. The summed E-state index contributed by atoms with van der Waals surface area (Å²) in [6.07, 6.45) is 0. The number of aryl methyl sites for hydroxylation is 2. The smallest absolute Gasteiger partial charge is 0.255 e. The number of rotatable bonds is 2. The van der Waals surface area contributed by atoms with Gasteiger partial charge in [-0.3, -0.25) is 9.59 Å². The molecule has 1 heterocycles. The van der Waals surface area contributed by atoms with Crippen LogP contribution in [0.25, 0.3) is 0 Å². The van der Waals surface area contributed by atoms with Crippen LogP contribution in [0.1, 0.15) is 38.7 Å². The fraction of sp³-hybridized carbons (Fsp3) is 0.167. The van der Waals surface area contributed by atoms with Crippen molar-refractivity contribution in [3.63, 3.8) is 0 Å². The molecule has 1 N–H and O–H groups in total. The Balaban J connectivity index is 1.90. The number of benzene rings is 3. The van der Waals surface area contributed by atoms with Crippen LogP contribution in [-0.4, -0.2) is 23.3 Å². The van der Waals surface area contributed by atoms with Crippen molar-refractivity contribution < 1.29 is 14.0 Å². The first-order chi connectivity index (χ1) is 14.3. The zero-order chi connectivity index (χ0) is 21.4. The Kier molecular flexibility index (Phi) is 5.31. The molecule has 0 radical (unpaired) electrons. The van der Waals surface area contributed by atoms with Crippen molar-refractivity contribution in [2.75, 3.05) is 11.9 Å². The molecule has 1 aliphatic heterocycles. The van der Waals surface area contributed by atoms with Gasteiger partial charge in [-0.2, -0.15) is 0 Å². The molecule has 0 fully saturated rings. The lowest BCUT2D eigenvalue weighted by atomic mass is 9.95. The molecule has 0 aromatic heterocycles. The fourth-order valence-electron chi connectivity index (χ4n) is 3.93. The quantitative estimate of drug-likeness (QED) is 0.610. The Labute approximate surface area is 179 Å². The number of hydrogen-bond donors (Lipinski definition) is 1. The minimum absolute atomic E-state index is 0.139. The maximum atomic E-state index is 13.6. The highest BCUT2D eigenvalue weighted by Crippen LogP contribution is 2.38. The number of anilines is 1. The van der Waals surface area contributed by atoms with Crippen LogP contribution in [0.5, 0.6) is 0 Å². The summed E-state index contributed by atoms with van der Waals surface area (Å²) in [4.78, 5) is 27.7. The molecule has 4 nitrogen and oxygen atoms in total. The zero-order valence-electron chi connectivity index (χ0n) is 16.6. The van der Waals surface area contributed by atoms with Gasteiger partial charge in [0.15, 0.2) is 0 Å². The van der Waals surface area contributed by atoms with Crippen LogP contribution in [0.3, 0.4) is 0 Å². The molecular weight excluding hydrogens is 403 g/mol. The highest BCUT2D eigenvalue weighted by Gasteiger charge is 2.34. The lowest BCUT2D eigenvalue weighted by Gasteiger charge is -2.31. The molecule has 152 valence electrons. The summed E-state index contributed by atoms with van der Waals surface area (Å²) in [5, 5.41) is 3.34. The fourth-order valence-corrected chi connectivity index (χ4v) is 4.12. The third-order valence-electron chi connectivity index (χ3n) is 5.12. The van der Waals surface area contributed by atoms with Crippen LogP contribution in [0.4, 0.5) is 10.1 Å². The van der Waals surface area contributed by atoms with E-state index in [1.807, 2.05) is 19.9 Å². The second kappa shape index (κ2) is 7.92. The van der Waals surface area contributed by atoms with Crippen LogP contribution in [0, 0.1) is 19.7 Å². The van der Waals surface area contributed by atoms with Crippen LogP contribution >= 0.6 is 11.6 Å². The van der Waals surface area contributed by atoms with Crippen LogP contribution < -0.4 is 5.32 Å². The van der Waals surface area contributed by atoms with Crippen LogP contribution in [0.15, 0.2) is 60.7 Å². The van der Waals surface area contributed by atoms with E-state index in [1.54, 1.807) is 42.5 Å². The number of amides is 2. The molecule has 4 rings (SSSR count). The first-order valence-electron chi connectivity index (χ1n) is 9.56.